The van der Waals surface area contributed by atoms with Crippen molar-refractivity contribution in [1.29, 1.82) is 0 Å². The lowest BCUT2D eigenvalue weighted by molar-refractivity contribution is 0.0697. The van der Waals surface area contributed by atoms with Crippen LogP contribution >= 0.6 is 11.3 Å². The standard InChI is InChI=1S/C15H17NO2S/c1-10-3-5-12(6-4-10)11(2)16-8-14-7-13(9-19-14)15(17)18/h3-7,9,11,16H,8H2,1-2H3,(H,17,18). The van der Waals surface area contributed by atoms with Gasteiger partial charge in [-0.2, -0.15) is 0 Å². The first-order chi connectivity index (χ1) is 9.06. The minimum absolute atomic E-state index is 0.246. The van der Waals surface area contributed by atoms with Crippen LogP contribution in [-0.2, 0) is 6.54 Å². The first-order valence-corrected chi connectivity index (χ1v) is 7.05. The fourth-order valence-electron chi connectivity index (χ4n) is 1.81. The molecule has 0 aliphatic heterocycles. The van der Waals surface area contributed by atoms with E-state index in [2.05, 4.69) is 43.4 Å². The fourth-order valence-corrected chi connectivity index (χ4v) is 2.62. The lowest BCUT2D eigenvalue weighted by Crippen LogP contribution is -2.17. The molecular formula is C15H17NO2S. The number of carbonyl (C=O) groups is 1. The zero-order valence-electron chi connectivity index (χ0n) is 11.0. The molecule has 0 aliphatic carbocycles. The first-order valence-electron chi connectivity index (χ1n) is 6.17. The quantitative estimate of drug-likeness (QED) is 0.876. The van der Waals surface area contributed by atoms with Gasteiger partial charge in [0, 0.05) is 22.8 Å². The van der Waals surface area contributed by atoms with Gasteiger partial charge in [0.25, 0.3) is 0 Å². The van der Waals surface area contributed by atoms with E-state index < -0.39 is 5.97 Å². The van der Waals surface area contributed by atoms with Crippen LogP contribution in [0.25, 0.3) is 0 Å². The summed E-state index contributed by atoms with van der Waals surface area (Å²) in [5.74, 6) is -0.867. The average molecular weight is 275 g/mol. The maximum atomic E-state index is 10.8. The summed E-state index contributed by atoms with van der Waals surface area (Å²) in [5, 5.41) is 13.9. The number of hydrogen-bond donors (Lipinski definition) is 2. The Kier molecular flexibility index (Phi) is 4.35. The number of thiophene rings is 1. The minimum Gasteiger partial charge on any atom is -0.478 e. The molecule has 1 unspecified atom stereocenters. The van der Waals surface area contributed by atoms with E-state index in [1.807, 2.05) is 0 Å². The predicted molar refractivity (Wildman–Crippen MR) is 77.7 cm³/mol. The molecule has 100 valence electrons. The molecule has 0 spiro atoms. The molecule has 0 aliphatic rings. The van der Waals surface area contributed by atoms with Gasteiger partial charge >= 0.3 is 5.97 Å². The molecule has 1 atom stereocenters. The minimum atomic E-state index is -0.867. The molecule has 1 aromatic carbocycles. The third-order valence-corrected chi connectivity index (χ3v) is 4.00. The van der Waals surface area contributed by atoms with E-state index in [1.54, 1.807) is 11.4 Å². The Morgan fingerprint density at radius 1 is 1.37 bits per heavy atom. The highest BCUT2D eigenvalue weighted by Crippen LogP contribution is 2.17. The highest BCUT2D eigenvalue weighted by molar-refractivity contribution is 7.10. The Morgan fingerprint density at radius 2 is 2.05 bits per heavy atom. The van der Waals surface area contributed by atoms with Gasteiger partial charge in [0.05, 0.1) is 5.56 Å². The molecule has 2 rings (SSSR count). The largest absolute Gasteiger partial charge is 0.478 e. The molecule has 0 bridgehead atoms. The number of hydrogen-bond acceptors (Lipinski definition) is 3. The van der Waals surface area contributed by atoms with E-state index >= 15 is 0 Å². The normalized spacial score (nSPS) is 12.3. The second-order valence-electron chi connectivity index (χ2n) is 4.62. The SMILES string of the molecule is Cc1ccc(C(C)NCc2cc(C(=O)O)cs2)cc1. The monoisotopic (exact) mass is 275 g/mol. The molecule has 0 amide bonds. The van der Waals surface area contributed by atoms with E-state index in [9.17, 15) is 4.79 Å². The molecule has 2 aromatic rings. The molecule has 1 aromatic heterocycles. The molecule has 0 fully saturated rings. The van der Waals surface area contributed by atoms with Gasteiger partial charge in [0.1, 0.15) is 0 Å². The van der Waals surface area contributed by atoms with Crippen molar-refractivity contribution >= 4 is 17.3 Å². The van der Waals surface area contributed by atoms with Crippen LogP contribution in [0.3, 0.4) is 0 Å². The van der Waals surface area contributed by atoms with E-state index in [4.69, 9.17) is 5.11 Å². The van der Waals surface area contributed by atoms with Crippen LogP contribution in [0.2, 0.25) is 0 Å². The van der Waals surface area contributed by atoms with Crippen molar-refractivity contribution in [2.75, 3.05) is 0 Å². The molecule has 4 heteroatoms. The van der Waals surface area contributed by atoms with Crippen LogP contribution in [0.4, 0.5) is 0 Å². The van der Waals surface area contributed by atoms with Crippen LogP contribution in [0.5, 0.6) is 0 Å². The number of carboxylic acid groups (broad SMARTS) is 1. The van der Waals surface area contributed by atoms with Crippen LogP contribution in [0.15, 0.2) is 35.7 Å². The fraction of sp³-hybridized carbons (Fsp3) is 0.267. The van der Waals surface area contributed by atoms with E-state index in [-0.39, 0.29) is 6.04 Å². The summed E-state index contributed by atoms with van der Waals surface area (Å²) < 4.78 is 0. The Labute approximate surface area is 116 Å². The maximum absolute atomic E-state index is 10.8. The summed E-state index contributed by atoms with van der Waals surface area (Å²) in [5.41, 5.74) is 2.85. The number of benzene rings is 1. The van der Waals surface area contributed by atoms with Crippen molar-refractivity contribution in [2.45, 2.75) is 26.4 Å². The van der Waals surface area contributed by atoms with Gasteiger partial charge in [0.2, 0.25) is 0 Å². The van der Waals surface area contributed by atoms with Crippen LogP contribution in [0.1, 0.15) is 39.3 Å². The van der Waals surface area contributed by atoms with Crippen LogP contribution < -0.4 is 5.32 Å². The Balaban J connectivity index is 1.94. The number of aromatic carboxylic acids is 1. The van der Waals surface area contributed by atoms with Crippen molar-refractivity contribution < 1.29 is 9.90 Å². The topological polar surface area (TPSA) is 49.3 Å². The van der Waals surface area contributed by atoms with Crippen molar-refractivity contribution in [2.24, 2.45) is 0 Å². The van der Waals surface area contributed by atoms with Gasteiger partial charge < -0.3 is 10.4 Å². The van der Waals surface area contributed by atoms with E-state index in [0.29, 0.717) is 12.1 Å². The summed E-state index contributed by atoms with van der Waals surface area (Å²) in [6, 6.07) is 10.4. The maximum Gasteiger partial charge on any atom is 0.336 e. The first kappa shape index (κ1) is 13.8. The highest BCUT2D eigenvalue weighted by atomic mass is 32.1. The van der Waals surface area contributed by atoms with Gasteiger partial charge in [-0.1, -0.05) is 29.8 Å². The third kappa shape index (κ3) is 3.66. The average Bonchev–Trinajstić information content (AvgIpc) is 2.86. The van der Waals surface area contributed by atoms with Gasteiger partial charge in [-0.3, -0.25) is 0 Å². The molecule has 19 heavy (non-hydrogen) atoms. The molecule has 0 saturated heterocycles. The van der Waals surface area contributed by atoms with Crippen molar-refractivity contribution in [3.8, 4) is 0 Å². The Bertz CT molecular complexity index is 560. The molecule has 3 nitrogen and oxygen atoms in total. The smallest absolute Gasteiger partial charge is 0.336 e. The molecule has 0 radical (unpaired) electrons. The number of rotatable bonds is 5. The summed E-state index contributed by atoms with van der Waals surface area (Å²) in [6.45, 7) is 4.87. The molecular weight excluding hydrogens is 258 g/mol. The highest BCUT2D eigenvalue weighted by Gasteiger charge is 2.08. The molecule has 2 N–H and O–H groups in total. The zero-order chi connectivity index (χ0) is 13.8. The van der Waals surface area contributed by atoms with Gasteiger partial charge in [-0.25, -0.2) is 4.79 Å². The summed E-state index contributed by atoms with van der Waals surface area (Å²) >= 11 is 1.47. The van der Waals surface area contributed by atoms with Crippen LogP contribution in [-0.4, -0.2) is 11.1 Å². The van der Waals surface area contributed by atoms with E-state index in [0.717, 1.165) is 4.88 Å². The summed E-state index contributed by atoms with van der Waals surface area (Å²) in [4.78, 5) is 11.8. The van der Waals surface area contributed by atoms with Gasteiger partial charge in [-0.05, 0) is 25.5 Å². The number of aryl methyl sites for hydroxylation is 1. The van der Waals surface area contributed by atoms with E-state index in [1.165, 1.54) is 22.5 Å². The zero-order valence-corrected chi connectivity index (χ0v) is 11.8. The summed E-state index contributed by atoms with van der Waals surface area (Å²) in [6.07, 6.45) is 0. The predicted octanol–water partition coefficient (Wildman–Crippen LogP) is 3.61. The van der Waals surface area contributed by atoms with Crippen LogP contribution in [0, 0.1) is 6.92 Å². The third-order valence-electron chi connectivity index (χ3n) is 3.06. The van der Waals surface area contributed by atoms with Crippen molar-refractivity contribution in [3.05, 3.63) is 57.3 Å². The van der Waals surface area contributed by atoms with Gasteiger partial charge in [-0.15, -0.1) is 11.3 Å². The Hall–Kier alpha value is -1.65. The molecule has 0 saturated carbocycles. The number of carboxylic acids is 1. The second-order valence-corrected chi connectivity index (χ2v) is 5.62. The lowest BCUT2D eigenvalue weighted by Gasteiger charge is -2.13. The second kappa shape index (κ2) is 5.99. The summed E-state index contributed by atoms with van der Waals surface area (Å²) in [7, 11) is 0. The Morgan fingerprint density at radius 3 is 2.63 bits per heavy atom. The lowest BCUT2D eigenvalue weighted by atomic mass is 10.1. The van der Waals surface area contributed by atoms with Crippen molar-refractivity contribution in [1.82, 2.24) is 5.32 Å². The van der Waals surface area contributed by atoms with Crippen molar-refractivity contribution in [3.63, 3.8) is 0 Å². The number of nitrogens with one attached hydrogen (secondary N) is 1. The van der Waals surface area contributed by atoms with Gasteiger partial charge in [0.15, 0.2) is 0 Å². The molecule has 1 heterocycles.